The summed E-state index contributed by atoms with van der Waals surface area (Å²) in [6.07, 6.45) is 0.878. The Hall–Kier alpha value is -1.63. The van der Waals surface area contributed by atoms with Crippen LogP contribution >= 0.6 is 0 Å². The van der Waals surface area contributed by atoms with Crippen LogP contribution in [0.2, 0.25) is 0 Å². The summed E-state index contributed by atoms with van der Waals surface area (Å²) in [5.74, 6) is 1.12. The summed E-state index contributed by atoms with van der Waals surface area (Å²) >= 11 is 0. The summed E-state index contributed by atoms with van der Waals surface area (Å²) in [4.78, 5) is 12.5. The molecule has 1 aromatic carbocycles. The van der Waals surface area contributed by atoms with Crippen LogP contribution in [-0.4, -0.2) is 49.1 Å². The van der Waals surface area contributed by atoms with Crippen LogP contribution in [0.4, 0.5) is 0 Å². The molecule has 6 heteroatoms. The van der Waals surface area contributed by atoms with Gasteiger partial charge in [-0.15, -0.1) is 0 Å². The SMILES string of the molecule is CCOc1ccc(C(=O)N[C@@H](CN[C@H]2CCOC2O)CC(C)C)cc1. The van der Waals surface area contributed by atoms with E-state index >= 15 is 0 Å². The van der Waals surface area contributed by atoms with Crippen molar-refractivity contribution in [3.63, 3.8) is 0 Å². The zero-order valence-electron chi connectivity index (χ0n) is 15.3. The van der Waals surface area contributed by atoms with E-state index in [2.05, 4.69) is 24.5 Å². The Bertz CT molecular complexity index is 533. The molecule has 3 N–H and O–H groups in total. The van der Waals surface area contributed by atoms with Crippen molar-refractivity contribution in [2.75, 3.05) is 19.8 Å². The number of aliphatic hydroxyl groups excluding tert-OH is 1. The lowest BCUT2D eigenvalue weighted by molar-refractivity contribution is -0.0718. The van der Waals surface area contributed by atoms with Crippen LogP contribution in [0.5, 0.6) is 5.75 Å². The van der Waals surface area contributed by atoms with Gasteiger partial charge in [0.05, 0.1) is 19.3 Å². The van der Waals surface area contributed by atoms with Gasteiger partial charge < -0.3 is 25.2 Å². The van der Waals surface area contributed by atoms with Crippen molar-refractivity contribution >= 4 is 5.91 Å². The van der Waals surface area contributed by atoms with Gasteiger partial charge in [0, 0.05) is 18.2 Å². The first kappa shape index (κ1) is 19.7. The molecule has 1 fully saturated rings. The van der Waals surface area contributed by atoms with Crippen molar-refractivity contribution in [3.05, 3.63) is 29.8 Å². The number of nitrogens with one attached hydrogen (secondary N) is 2. The van der Waals surface area contributed by atoms with Crippen LogP contribution < -0.4 is 15.4 Å². The topological polar surface area (TPSA) is 79.8 Å². The molecule has 0 saturated carbocycles. The maximum atomic E-state index is 12.5. The summed E-state index contributed by atoms with van der Waals surface area (Å²) in [5, 5.41) is 16.1. The highest BCUT2D eigenvalue weighted by Gasteiger charge is 2.26. The van der Waals surface area contributed by atoms with Gasteiger partial charge in [0.2, 0.25) is 0 Å². The number of ether oxygens (including phenoxy) is 2. The average molecular weight is 350 g/mol. The van der Waals surface area contributed by atoms with E-state index in [1.165, 1.54) is 0 Å². The van der Waals surface area contributed by atoms with Crippen LogP contribution in [0.15, 0.2) is 24.3 Å². The third-order valence-electron chi connectivity index (χ3n) is 4.21. The predicted molar refractivity (Wildman–Crippen MR) is 96.7 cm³/mol. The fourth-order valence-electron chi connectivity index (χ4n) is 2.97. The normalized spacial score (nSPS) is 21.3. The fraction of sp³-hybridized carbons (Fsp3) is 0.632. The van der Waals surface area contributed by atoms with Crippen molar-refractivity contribution in [2.45, 2.75) is 52.0 Å². The van der Waals surface area contributed by atoms with E-state index in [-0.39, 0.29) is 18.0 Å². The van der Waals surface area contributed by atoms with Gasteiger partial charge in [0.15, 0.2) is 6.29 Å². The molecule has 3 atom stereocenters. The molecule has 1 aliphatic rings. The molecular formula is C19H30N2O4. The molecule has 6 nitrogen and oxygen atoms in total. The number of aliphatic hydroxyl groups is 1. The van der Waals surface area contributed by atoms with E-state index in [1.54, 1.807) is 24.3 Å². The minimum atomic E-state index is -0.762. The van der Waals surface area contributed by atoms with E-state index in [1.807, 2.05) is 6.92 Å². The van der Waals surface area contributed by atoms with Crippen molar-refractivity contribution in [3.8, 4) is 5.75 Å². The Kier molecular flexibility index (Phi) is 7.68. The smallest absolute Gasteiger partial charge is 0.251 e. The van der Waals surface area contributed by atoms with Gasteiger partial charge in [-0.1, -0.05) is 13.8 Å². The highest BCUT2D eigenvalue weighted by molar-refractivity contribution is 5.94. The second kappa shape index (κ2) is 9.75. The van der Waals surface area contributed by atoms with Crippen molar-refractivity contribution in [2.24, 2.45) is 5.92 Å². The standard InChI is InChI=1S/C19H30N2O4/c1-4-24-16-7-5-14(6-8-16)18(22)21-15(11-13(2)3)12-20-17-9-10-25-19(17)23/h5-8,13,15,17,19-20,23H,4,9-12H2,1-3H3,(H,21,22)/t15-,17+,19?/m1/s1. The number of hydrogen-bond acceptors (Lipinski definition) is 5. The Balaban J connectivity index is 1.91. The number of rotatable bonds is 9. The van der Waals surface area contributed by atoms with Gasteiger partial charge in [-0.3, -0.25) is 4.79 Å². The van der Waals surface area contributed by atoms with Crippen LogP contribution in [0.25, 0.3) is 0 Å². The van der Waals surface area contributed by atoms with Gasteiger partial charge in [-0.05, 0) is 49.9 Å². The minimum Gasteiger partial charge on any atom is -0.494 e. The van der Waals surface area contributed by atoms with Gasteiger partial charge in [-0.2, -0.15) is 0 Å². The number of amides is 1. The quantitative estimate of drug-likeness (QED) is 0.634. The largest absolute Gasteiger partial charge is 0.494 e. The van der Waals surface area contributed by atoms with Crippen LogP contribution in [-0.2, 0) is 4.74 Å². The van der Waals surface area contributed by atoms with Crippen molar-refractivity contribution in [1.82, 2.24) is 10.6 Å². The van der Waals surface area contributed by atoms with E-state index in [4.69, 9.17) is 9.47 Å². The van der Waals surface area contributed by atoms with Gasteiger partial charge >= 0.3 is 0 Å². The maximum absolute atomic E-state index is 12.5. The molecule has 1 unspecified atom stereocenters. The van der Waals surface area contributed by atoms with Crippen molar-refractivity contribution < 1.29 is 19.4 Å². The molecule has 2 rings (SSSR count). The first-order chi connectivity index (χ1) is 12.0. The Labute approximate surface area is 149 Å². The first-order valence-electron chi connectivity index (χ1n) is 9.06. The molecule has 1 aliphatic heterocycles. The summed E-state index contributed by atoms with van der Waals surface area (Å²) in [7, 11) is 0. The average Bonchev–Trinajstić information content (AvgIpc) is 2.98. The third-order valence-corrected chi connectivity index (χ3v) is 4.21. The summed E-state index contributed by atoms with van der Waals surface area (Å²) in [6, 6.07) is 7.08. The van der Waals surface area contributed by atoms with Crippen LogP contribution in [0.3, 0.4) is 0 Å². The minimum absolute atomic E-state index is 0.00753. The monoisotopic (exact) mass is 350 g/mol. The number of carbonyl (C=O) groups excluding carboxylic acids is 1. The lowest BCUT2D eigenvalue weighted by Crippen LogP contribution is -2.47. The number of carbonyl (C=O) groups is 1. The molecule has 0 aromatic heterocycles. The number of hydrogen-bond donors (Lipinski definition) is 3. The first-order valence-corrected chi connectivity index (χ1v) is 9.06. The molecule has 1 aromatic rings. The molecule has 0 bridgehead atoms. The highest BCUT2D eigenvalue weighted by Crippen LogP contribution is 2.14. The predicted octanol–water partition coefficient (Wildman–Crippen LogP) is 1.93. The molecule has 1 heterocycles. The molecule has 0 spiro atoms. The molecule has 0 radical (unpaired) electrons. The second-order valence-electron chi connectivity index (χ2n) is 6.82. The molecular weight excluding hydrogens is 320 g/mol. The van der Waals surface area contributed by atoms with E-state index in [0.717, 1.165) is 18.6 Å². The molecule has 140 valence electrons. The van der Waals surface area contributed by atoms with Gasteiger partial charge in [-0.25, -0.2) is 0 Å². The third kappa shape index (κ3) is 6.30. The molecule has 1 saturated heterocycles. The second-order valence-corrected chi connectivity index (χ2v) is 6.82. The summed E-state index contributed by atoms with van der Waals surface area (Å²) in [6.45, 7) is 7.95. The Morgan fingerprint density at radius 3 is 2.64 bits per heavy atom. The molecule has 1 amide bonds. The Morgan fingerprint density at radius 2 is 2.08 bits per heavy atom. The molecule has 0 aliphatic carbocycles. The highest BCUT2D eigenvalue weighted by atomic mass is 16.6. The van der Waals surface area contributed by atoms with E-state index in [9.17, 15) is 9.90 Å². The van der Waals surface area contributed by atoms with E-state index in [0.29, 0.717) is 31.2 Å². The van der Waals surface area contributed by atoms with E-state index < -0.39 is 6.29 Å². The Morgan fingerprint density at radius 1 is 1.36 bits per heavy atom. The van der Waals surface area contributed by atoms with Crippen LogP contribution in [0, 0.1) is 5.92 Å². The van der Waals surface area contributed by atoms with Crippen molar-refractivity contribution in [1.29, 1.82) is 0 Å². The summed E-state index contributed by atoms with van der Waals surface area (Å²) < 4.78 is 10.6. The lowest BCUT2D eigenvalue weighted by atomic mass is 10.0. The van der Waals surface area contributed by atoms with Gasteiger partial charge in [0.25, 0.3) is 5.91 Å². The zero-order valence-corrected chi connectivity index (χ0v) is 15.3. The lowest BCUT2D eigenvalue weighted by Gasteiger charge is -2.24. The van der Waals surface area contributed by atoms with Gasteiger partial charge in [0.1, 0.15) is 5.75 Å². The zero-order chi connectivity index (χ0) is 18.2. The van der Waals surface area contributed by atoms with Crippen LogP contribution in [0.1, 0.15) is 44.0 Å². The summed E-state index contributed by atoms with van der Waals surface area (Å²) in [5.41, 5.74) is 0.612. The number of benzene rings is 1. The molecule has 25 heavy (non-hydrogen) atoms. The maximum Gasteiger partial charge on any atom is 0.251 e. The fourth-order valence-corrected chi connectivity index (χ4v) is 2.97.